The lowest BCUT2D eigenvalue weighted by atomic mass is 9.52. The van der Waals surface area contributed by atoms with Gasteiger partial charge in [-0.2, -0.15) is 0 Å². The zero-order valence-corrected chi connectivity index (χ0v) is 20.0. The molecular formula is C24H22B3F2N5O3. The first-order valence-corrected chi connectivity index (χ1v) is 11.4. The summed E-state index contributed by atoms with van der Waals surface area (Å²) in [7, 11) is 16.6. The first-order valence-electron chi connectivity index (χ1n) is 11.4. The van der Waals surface area contributed by atoms with Gasteiger partial charge in [-0.3, -0.25) is 4.79 Å². The summed E-state index contributed by atoms with van der Waals surface area (Å²) in [6.07, 6.45) is 1.80. The maximum Gasteiger partial charge on any atom is 0.274 e. The van der Waals surface area contributed by atoms with Gasteiger partial charge in [-0.25, -0.2) is 18.7 Å². The molecule has 4 N–H and O–H groups in total. The molecule has 0 saturated carbocycles. The molecule has 6 radical (unpaired) electrons. The Balaban J connectivity index is 1.68. The van der Waals surface area contributed by atoms with Crippen LogP contribution in [0.25, 0.3) is 11.4 Å². The van der Waals surface area contributed by atoms with Gasteiger partial charge in [0.2, 0.25) is 0 Å². The number of carbonyl (C=O) groups excluding carboxylic acids is 1. The van der Waals surface area contributed by atoms with E-state index >= 15 is 4.39 Å². The van der Waals surface area contributed by atoms with Gasteiger partial charge in [-0.15, -0.1) is 0 Å². The largest absolute Gasteiger partial charge is 0.515 e. The zero-order valence-electron chi connectivity index (χ0n) is 20.0. The van der Waals surface area contributed by atoms with Crippen LogP contribution in [0.5, 0.6) is 5.75 Å². The van der Waals surface area contributed by atoms with E-state index in [4.69, 9.17) is 34.0 Å². The second kappa shape index (κ2) is 10.5. The highest BCUT2D eigenvalue weighted by molar-refractivity contribution is 6.58. The predicted octanol–water partition coefficient (Wildman–Crippen LogP) is 1.38. The van der Waals surface area contributed by atoms with Crippen LogP contribution >= 0.6 is 0 Å². The second-order valence-corrected chi connectivity index (χ2v) is 8.89. The van der Waals surface area contributed by atoms with Crippen molar-refractivity contribution in [3.63, 3.8) is 0 Å². The van der Waals surface area contributed by atoms with E-state index in [1.54, 1.807) is 0 Å². The number of halogens is 2. The van der Waals surface area contributed by atoms with Crippen molar-refractivity contribution in [1.29, 1.82) is 0 Å². The van der Waals surface area contributed by atoms with Crippen molar-refractivity contribution in [2.24, 2.45) is 5.73 Å². The summed E-state index contributed by atoms with van der Waals surface area (Å²) >= 11 is 0. The third-order valence-electron chi connectivity index (χ3n) is 5.87. The molecule has 1 aliphatic rings. The molecule has 13 heteroatoms. The van der Waals surface area contributed by atoms with E-state index < -0.39 is 22.8 Å². The number of aryl methyl sites for hydroxylation is 1. The second-order valence-electron chi connectivity index (χ2n) is 8.89. The highest BCUT2D eigenvalue weighted by atomic mass is 19.1. The molecule has 2 heterocycles. The van der Waals surface area contributed by atoms with Crippen LogP contribution in [0, 0.1) is 18.6 Å². The van der Waals surface area contributed by atoms with Crippen LogP contribution in [-0.2, 0) is 0 Å². The number of amides is 1. The molecule has 1 fully saturated rings. The van der Waals surface area contributed by atoms with Crippen molar-refractivity contribution < 1.29 is 23.4 Å². The van der Waals surface area contributed by atoms with Gasteiger partial charge in [0.1, 0.15) is 46.6 Å². The van der Waals surface area contributed by atoms with Gasteiger partial charge in [-0.1, -0.05) is 6.07 Å². The lowest BCUT2D eigenvalue weighted by Crippen LogP contribution is -2.37. The number of aliphatic hydroxyl groups is 1. The van der Waals surface area contributed by atoms with Gasteiger partial charge in [0, 0.05) is 18.8 Å². The minimum absolute atomic E-state index is 0.124. The number of hydrogen-bond acceptors (Lipinski definition) is 7. The summed E-state index contributed by atoms with van der Waals surface area (Å²) in [6.45, 7) is 1.78. The number of anilines is 2. The van der Waals surface area contributed by atoms with Gasteiger partial charge in [-0.05, 0) is 54.5 Å². The highest BCUT2D eigenvalue weighted by Gasteiger charge is 2.31. The number of nitrogens with two attached hydrogens (primary N) is 1. The number of aromatic nitrogens is 2. The minimum Gasteiger partial charge on any atom is -0.515 e. The molecule has 1 aliphatic heterocycles. The van der Waals surface area contributed by atoms with Gasteiger partial charge in [0.05, 0.1) is 29.6 Å². The van der Waals surface area contributed by atoms with Crippen LogP contribution in [0.3, 0.4) is 0 Å². The Bertz CT molecular complexity index is 1330. The minimum atomic E-state index is -2.11. The smallest absolute Gasteiger partial charge is 0.274 e. The zero-order chi connectivity index (χ0) is 26.9. The van der Waals surface area contributed by atoms with Crippen molar-refractivity contribution in [3.05, 3.63) is 65.5 Å². The Morgan fingerprint density at radius 2 is 2.03 bits per heavy atom. The van der Waals surface area contributed by atoms with Crippen LogP contribution < -0.4 is 20.7 Å². The normalized spacial score (nSPS) is 17.6. The van der Waals surface area contributed by atoms with E-state index in [0.717, 1.165) is 6.07 Å². The molecule has 8 nitrogen and oxygen atoms in total. The molecule has 1 aromatic heterocycles. The third kappa shape index (κ3) is 5.94. The summed E-state index contributed by atoms with van der Waals surface area (Å²) in [4.78, 5) is 23.2. The van der Waals surface area contributed by atoms with Gasteiger partial charge in [0.15, 0.2) is 5.82 Å². The van der Waals surface area contributed by atoms with E-state index in [0.29, 0.717) is 18.7 Å². The van der Waals surface area contributed by atoms with Gasteiger partial charge in [0.25, 0.3) is 5.91 Å². The van der Waals surface area contributed by atoms with E-state index in [1.165, 1.54) is 43.5 Å². The fourth-order valence-electron chi connectivity index (χ4n) is 4.22. The summed E-state index contributed by atoms with van der Waals surface area (Å²) in [5, 5.41) is 10.3. The van der Waals surface area contributed by atoms with Crippen LogP contribution in [0.15, 0.2) is 42.6 Å². The van der Waals surface area contributed by atoms with Gasteiger partial charge >= 0.3 is 0 Å². The predicted molar refractivity (Wildman–Crippen MR) is 138 cm³/mol. The van der Waals surface area contributed by atoms with E-state index in [1.807, 2.05) is 4.90 Å². The molecule has 3 aromatic rings. The van der Waals surface area contributed by atoms with E-state index in [-0.39, 0.29) is 52.8 Å². The molecule has 0 spiro atoms. The molecule has 0 aliphatic carbocycles. The molecule has 1 saturated heterocycles. The number of aliphatic hydroxyl groups excluding tert-OH is 1. The number of nitrogens with zero attached hydrogens (tertiary/aromatic N) is 3. The Kier molecular flexibility index (Phi) is 7.56. The fourth-order valence-corrected chi connectivity index (χ4v) is 4.22. The monoisotopic (exact) mass is 499 g/mol. The van der Waals surface area contributed by atoms with Crippen LogP contribution in [0.4, 0.5) is 20.2 Å². The average Bonchev–Trinajstić information content (AvgIpc) is 3.21. The molecule has 0 unspecified atom stereocenters. The summed E-state index contributed by atoms with van der Waals surface area (Å²) in [5.41, 5.74) is 6.62. The first-order chi connectivity index (χ1) is 17.5. The number of nitrogens with one attached hydrogen (secondary N) is 1. The Morgan fingerprint density at radius 3 is 2.73 bits per heavy atom. The Labute approximate surface area is 216 Å². The van der Waals surface area contributed by atoms with Crippen molar-refractivity contribution in [2.45, 2.75) is 30.7 Å². The fraction of sp³-hybridized carbons (Fsp3) is 0.292. The topological polar surface area (TPSA) is 114 Å². The summed E-state index contributed by atoms with van der Waals surface area (Å²) in [5.74, 6) is -2.31. The average molecular weight is 499 g/mol. The third-order valence-corrected chi connectivity index (χ3v) is 5.87. The molecular weight excluding hydrogens is 477 g/mol. The maximum absolute atomic E-state index is 15.1. The Morgan fingerprint density at radius 1 is 1.27 bits per heavy atom. The summed E-state index contributed by atoms with van der Waals surface area (Å²) < 4.78 is 34.5. The lowest BCUT2D eigenvalue weighted by Gasteiger charge is -2.27. The van der Waals surface area contributed by atoms with Crippen LogP contribution in [0.1, 0.15) is 22.5 Å². The van der Waals surface area contributed by atoms with Crippen molar-refractivity contribution in [3.8, 4) is 17.1 Å². The number of rotatable bonds is 7. The van der Waals surface area contributed by atoms with Gasteiger partial charge < -0.3 is 25.8 Å². The summed E-state index contributed by atoms with van der Waals surface area (Å²) in [6, 6.07) is 7.58. The maximum atomic E-state index is 15.1. The van der Waals surface area contributed by atoms with Crippen LogP contribution in [-0.4, -0.2) is 75.1 Å². The molecule has 37 heavy (non-hydrogen) atoms. The quantitative estimate of drug-likeness (QED) is 0.422. The number of ether oxygens (including phenoxy) is 1. The molecule has 4 rings (SSSR count). The lowest BCUT2D eigenvalue weighted by molar-refractivity contribution is 0.102. The molecule has 2 atom stereocenters. The van der Waals surface area contributed by atoms with E-state index in [2.05, 4.69) is 15.3 Å². The SMILES string of the molecule is [B]C([B])([B])Oc1ccc(C)c(F)c1-c1nccc(C(=O)Nc2cc(F)ccc2N2C[C@@H](N)C[C@H]2CO)n1. The first kappa shape index (κ1) is 26.6. The molecule has 2 aromatic carbocycles. The molecule has 1 amide bonds. The van der Waals surface area contributed by atoms with Crippen molar-refractivity contribution in [2.75, 3.05) is 23.4 Å². The van der Waals surface area contributed by atoms with Crippen molar-refractivity contribution >= 4 is 40.8 Å². The Hall–Kier alpha value is -3.44. The van der Waals surface area contributed by atoms with E-state index in [9.17, 15) is 14.3 Å². The standard InChI is InChI=1S/C24H22B3F2N5O3/c1-12-2-5-19(37-24(25,26)27)20(21(12)29)22-31-7-6-16(32-22)23(36)33-17-8-13(28)3-4-18(17)34-10-14(30)9-15(34)11-35/h2-8,14-15,35H,9-11,30H2,1H3,(H,33,36)/t14-,15-/m0/s1. The highest BCUT2D eigenvalue weighted by Crippen LogP contribution is 2.35. The van der Waals surface area contributed by atoms with Crippen LogP contribution in [0.2, 0.25) is 0 Å². The number of carbonyl (C=O) groups is 1. The molecule has 184 valence electrons. The number of benzene rings is 2. The molecule has 0 bridgehead atoms. The van der Waals surface area contributed by atoms with Crippen molar-refractivity contribution in [1.82, 2.24) is 9.97 Å². The number of hydrogen-bond donors (Lipinski definition) is 3.